The summed E-state index contributed by atoms with van der Waals surface area (Å²) in [5.74, 6) is 15.7. The monoisotopic (exact) mass is 482 g/mol. The minimum atomic E-state index is -0.578. The van der Waals surface area contributed by atoms with Crippen molar-refractivity contribution in [2.45, 2.75) is 70.2 Å². The highest BCUT2D eigenvalue weighted by Gasteiger charge is 2.31. The van der Waals surface area contributed by atoms with E-state index in [1.807, 2.05) is 6.92 Å². The lowest BCUT2D eigenvalue weighted by molar-refractivity contribution is -0.101. The molecule has 0 aliphatic rings. The molecule has 12 nitrogen and oxygen atoms in total. The van der Waals surface area contributed by atoms with Crippen LogP contribution in [0.25, 0.3) is 0 Å². The van der Waals surface area contributed by atoms with Gasteiger partial charge in [0.15, 0.2) is 0 Å². The molecule has 0 bridgehead atoms. The number of nitrogens with two attached hydrogens (primary N) is 3. The minimum absolute atomic E-state index is 0.204. The SMILES string of the molecule is CCC(COCC(O)CCCNN)(COCC(O)CCCNN)COCC(O)CCCNN. The maximum atomic E-state index is 10.1. The van der Waals surface area contributed by atoms with Crippen LogP contribution in [0.2, 0.25) is 0 Å². The highest BCUT2D eigenvalue weighted by molar-refractivity contribution is 4.79. The van der Waals surface area contributed by atoms with Gasteiger partial charge in [-0.15, -0.1) is 0 Å². The summed E-state index contributed by atoms with van der Waals surface area (Å²) in [6, 6.07) is 0. The van der Waals surface area contributed by atoms with Crippen molar-refractivity contribution in [2.24, 2.45) is 22.9 Å². The van der Waals surface area contributed by atoms with Gasteiger partial charge in [-0.2, -0.15) is 0 Å². The molecule has 0 aliphatic heterocycles. The number of hydrogen-bond acceptors (Lipinski definition) is 12. The predicted molar refractivity (Wildman–Crippen MR) is 127 cm³/mol. The molecule has 12 N–H and O–H groups in total. The first kappa shape index (κ1) is 32.5. The van der Waals surface area contributed by atoms with Gasteiger partial charge in [-0.25, -0.2) is 0 Å². The summed E-state index contributed by atoms with van der Waals surface area (Å²) >= 11 is 0. The molecule has 0 aromatic rings. The zero-order valence-corrected chi connectivity index (χ0v) is 20.3. The number of hydrogen-bond donors (Lipinski definition) is 9. The van der Waals surface area contributed by atoms with Gasteiger partial charge in [-0.1, -0.05) is 6.92 Å². The molecule has 0 amide bonds. The van der Waals surface area contributed by atoms with E-state index < -0.39 is 23.7 Å². The molecule has 200 valence electrons. The van der Waals surface area contributed by atoms with Gasteiger partial charge in [-0.3, -0.25) is 33.8 Å². The average molecular weight is 483 g/mol. The summed E-state index contributed by atoms with van der Waals surface area (Å²) in [5, 5.41) is 30.3. The van der Waals surface area contributed by atoms with E-state index >= 15 is 0 Å². The second-order valence-electron chi connectivity index (χ2n) is 8.65. The van der Waals surface area contributed by atoms with Crippen LogP contribution >= 0.6 is 0 Å². The zero-order chi connectivity index (χ0) is 24.8. The Hall–Kier alpha value is -0.480. The average Bonchev–Trinajstić information content (AvgIpc) is 2.79. The van der Waals surface area contributed by atoms with E-state index in [1.165, 1.54) is 0 Å². The zero-order valence-electron chi connectivity index (χ0n) is 20.3. The van der Waals surface area contributed by atoms with Crippen molar-refractivity contribution in [2.75, 3.05) is 59.3 Å². The number of aliphatic hydroxyl groups is 3. The van der Waals surface area contributed by atoms with E-state index in [4.69, 9.17) is 31.7 Å². The van der Waals surface area contributed by atoms with Crippen molar-refractivity contribution in [1.82, 2.24) is 16.3 Å². The number of ether oxygens (including phenoxy) is 3. The van der Waals surface area contributed by atoms with Crippen LogP contribution < -0.4 is 33.8 Å². The summed E-state index contributed by atoms with van der Waals surface area (Å²) in [6.45, 7) is 5.51. The van der Waals surface area contributed by atoms with Crippen molar-refractivity contribution in [3.05, 3.63) is 0 Å². The third-order valence-electron chi connectivity index (χ3n) is 5.48. The summed E-state index contributed by atoms with van der Waals surface area (Å²) in [6.07, 6.45) is 2.99. The lowest BCUT2D eigenvalue weighted by atomic mass is 9.88. The van der Waals surface area contributed by atoms with E-state index in [0.29, 0.717) is 65.1 Å². The summed E-state index contributed by atoms with van der Waals surface area (Å²) in [5.41, 5.74) is 7.23. The van der Waals surface area contributed by atoms with Crippen molar-refractivity contribution < 1.29 is 29.5 Å². The van der Waals surface area contributed by atoms with Gasteiger partial charge in [-0.05, 0) is 44.9 Å². The lowest BCUT2D eigenvalue weighted by Crippen LogP contribution is -2.39. The van der Waals surface area contributed by atoms with Gasteiger partial charge in [0.2, 0.25) is 0 Å². The first-order valence-corrected chi connectivity index (χ1v) is 12.0. The smallest absolute Gasteiger partial charge is 0.0774 e. The van der Waals surface area contributed by atoms with Gasteiger partial charge < -0.3 is 29.5 Å². The van der Waals surface area contributed by atoms with Crippen LogP contribution in [-0.2, 0) is 14.2 Å². The summed E-state index contributed by atoms with van der Waals surface area (Å²) in [7, 11) is 0. The van der Waals surface area contributed by atoms with Crippen LogP contribution in [0.1, 0.15) is 51.9 Å². The summed E-state index contributed by atoms with van der Waals surface area (Å²) < 4.78 is 17.5. The standard InChI is InChI=1S/C21H50N6O6/c1-2-21(15-31-12-18(28)6-3-9-25-22,16-32-13-19(29)7-4-10-26-23)17-33-14-20(30)8-5-11-27-24/h18-20,25-30H,2-17,22-24H2,1H3. The molecular formula is C21H50N6O6. The molecule has 0 saturated carbocycles. The van der Waals surface area contributed by atoms with E-state index in [0.717, 1.165) is 19.3 Å². The Morgan fingerprint density at radius 3 is 1.18 bits per heavy atom. The molecule has 0 aliphatic carbocycles. The third kappa shape index (κ3) is 18.5. The Labute approximate surface area is 198 Å². The second kappa shape index (κ2) is 22.0. The number of hydrazine groups is 3. The summed E-state index contributed by atoms with van der Waals surface area (Å²) in [4.78, 5) is 0. The fourth-order valence-electron chi connectivity index (χ4n) is 3.23. The molecule has 0 spiro atoms. The van der Waals surface area contributed by atoms with Crippen LogP contribution in [0.3, 0.4) is 0 Å². The van der Waals surface area contributed by atoms with Crippen LogP contribution in [-0.4, -0.2) is 92.9 Å². The molecule has 0 saturated heterocycles. The number of rotatable bonds is 25. The minimum Gasteiger partial charge on any atom is -0.391 e. The molecule has 3 atom stereocenters. The lowest BCUT2D eigenvalue weighted by Gasteiger charge is -2.33. The molecule has 33 heavy (non-hydrogen) atoms. The Kier molecular flexibility index (Phi) is 21.7. The van der Waals surface area contributed by atoms with Crippen LogP contribution in [0.15, 0.2) is 0 Å². The van der Waals surface area contributed by atoms with Crippen LogP contribution in [0.5, 0.6) is 0 Å². The first-order valence-electron chi connectivity index (χ1n) is 12.0. The van der Waals surface area contributed by atoms with E-state index in [2.05, 4.69) is 16.3 Å². The third-order valence-corrected chi connectivity index (χ3v) is 5.48. The van der Waals surface area contributed by atoms with Gasteiger partial charge in [0, 0.05) is 25.0 Å². The molecule has 0 aromatic heterocycles. The van der Waals surface area contributed by atoms with Crippen LogP contribution in [0.4, 0.5) is 0 Å². The van der Waals surface area contributed by atoms with Crippen LogP contribution in [0, 0.1) is 5.41 Å². The van der Waals surface area contributed by atoms with Gasteiger partial charge in [0.05, 0.1) is 58.0 Å². The Morgan fingerprint density at radius 2 is 0.939 bits per heavy atom. The fourth-order valence-corrected chi connectivity index (χ4v) is 3.23. The Balaban J connectivity index is 4.64. The predicted octanol–water partition coefficient (Wildman–Crippen LogP) is -1.75. The highest BCUT2D eigenvalue weighted by atomic mass is 16.5. The second-order valence-corrected chi connectivity index (χ2v) is 8.65. The van der Waals surface area contributed by atoms with E-state index in [9.17, 15) is 15.3 Å². The quantitative estimate of drug-likeness (QED) is 0.0404. The van der Waals surface area contributed by atoms with Gasteiger partial charge in [0.1, 0.15) is 0 Å². The number of nitrogens with one attached hydrogen (secondary N) is 3. The van der Waals surface area contributed by atoms with Gasteiger partial charge >= 0.3 is 0 Å². The molecule has 0 rings (SSSR count). The maximum absolute atomic E-state index is 10.1. The van der Waals surface area contributed by atoms with Crippen molar-refractivity contribution in [1.29, 1.82) is 0 Å². The maximum Gasteiger partial charge on any atom is 0.0774 e. The van der Waals surface area contributed by atoms with E-state index in [1.54, 1.807) is 0 Å². The normalized spacial score (nSPS) is 16.5. The molecule has 0 aromatic carbocycles. The number of aliphatic hydroxyl groups excluding tert-OH is 3. The van der Waals surface area contributed by atoms with Gasteiger partial charge in [0.25, 0.3) is 0 Å². The van der Waals surface area contributed by atoms with Crippen molar-refractivity contribution >= 4 is 0 Å². The largest absolute Gasteiger partial charge is 0.391 e. The molecule has 3 unspecified atom stereocenters. The Morgan fingerprint density at radius 1 is 0.636 bits per heavy atom. The molecule has 0 radical (unpaired) electrons. The topological polar surface area (TPSA) is 203 Å². The Bertz CT molecular complexity index is 372. The molecule has 12 heteroatoms. The fraction of sp³-hybridized carbons (Fsp3) is 1.00. The first-order chi connectivity index (χ1) is 15.9. The molecule has 0 heterocycles. The highest BCUT2D eigenvalue weighted by Crippen LogP contribution is 2.25. The molecular weight excluding hydrogens is 432 g/mol. The van der Waals surface area contributed by atoms with E-state index in [-0.39, 0.29) is 19.8 Å². The van der Waals surface area contributed by atoms with Crippen molar-refractivity contribution in [3.63, 3.8) is 0 Å². The molecule has 0 fully saturated rings. The van der Waals surface area contributed by atoms with Crippen molar-refractivity contribution in [3.8, 4) is 0 Å².